The molecular weight excluding hydrogens is 598 g/mol. The Morgan fingerprint density at radius 2 is 1.57 bits per heavy atom. The fourth-order valence-corrected chi connectivity index (χ4v) is 5.63. The van der Waals surface area contributed by atoms with E-state index in [1.54, 1.807) is 6.07 Å². The van der Waals surface area contributed by atoms with Crippen LogP contribution in [0.3, 0.4) is 0 Å². The second-order valence-electron chi connectivity index (χ2n) is 9.91. The molecule has 3 aromatic rings. The fourth-order valence-electron chi connectivity index (χ4n) is 3.98. The van der Waals surface area contributed by atoms with Gasteiger partial charge in [0.05, 0.1) is 21.2 Å². The molecule has 0 aliphatic carbocycles. The van der Waals surface area contributed by atoms with Gasteiger partial charge in [-0.1, -0.05) is 61.8 Å². The molecule has 2 amide bonds. The van der Waals surface area contributed by atoms with Gasteiger partial charge in [0, 0.05) is 18.7 Å². The average molecular weight is 628 g/mol. The van der Waals surface area contributed by atoms with Crippen LogP contribution in [0.4, 0.5) is 23.2 Å². The Hall–Kier alpha value is -3.64. The molecule has 13 heteroatoms. The summed E-state index contributed by atoms with van der Waals surface area (Å²) < 4.78 is 83.7. The first-order valence-electron chi connectivity index (χ1n) is 12.9. The van der Waals surface area contributed by atoms with E-state index in [-0.39, 0.29) is 22.9 Å². The predicted molar refractivity (Wildman–Crippen MR) is 152 cm³/mol. The molecule has 0 bridgehead atoms. The SMILES string of the molecule is CC(C)CNC(=O)[C@H](C)N(Cc1ccccc1F)C(=O)CN(c1ccc(Cl)c(C(F)(F)F)c1)S(=O)(=O)c1ccccc1. The molecule has 1 N–H and O–H groups in total. The molecule has 3 aromatic carbocycles. The van der Waals surface area contributed by atoms with E-state index in [1.165, 1.54) is 55.5 Å². The molecule has 7 nitrogen and oxygen atoms in total. The number of halogens is 5. The van der Waals surface area contributed by atoms with Gasteiger partial charge in [-0.15, -0.1) is 0 Å². The van der Waals surface area contributed by atoms with Gasteiger partial charge in [-0.05, 0) is 49.2 Å². The van der Waals surface area contributed by atoms with Gasteiger partial charge >= 0.3 is 6.18 Å². The van der Waals surface area contributed by atoms with Crippen molar-refractivity contribution in [3.8, 4) is 0 Å². The molecule has 0 spiro atoms. The van der Waals surface area contributed by atoms with Crippen LogP contribution in [0.2, 0.25) is 5.02 Å². The van der Waals surface area contributed by atoms with Crippen molar-refractivity contribution in [3.63, 3.8) is 0 Å². The van der Waals surface area contributed by atoms with E-state index in [0.29, 0.717) is 10.4 Å². The second-order valence-corrected chi connectivity index (χ2v) is 12.2. The van der Waals surface area contributed by atoms with Gasteiger partial charge in [-0.3, -0.25) is 13.9 Å². The molecule has 3 rings (SSSR count). The van der Waals surface area contributed by atoms with Crippen LogP contribution < -0.4 is 9.62 Å². The largest absolute Gasteiger partial charge is 0.417 e. The van der Waals surface area contributed by atoms with Crippen molar-refractivity contribution in [2.75, 3.05) is 17.4 Å². The van der Waals surface area contributed by atoms with Crippen LogP contribution in [-0.4, -0.2) is 44.3 Å². The highest BCUT2D eigenvalue weighted by atomic mass is 35.5. The zero-order valence-corrected chi connectivity index (χ0v) is 24.6. The number of rotatable bonds is 11. The van der Waals surface area contributed by atoms with Gasteiger partial charge in [0.15, 0.2) is 0 Å². The van der Waals surface area contributed by atoms with Crippen molar-refractivity contribution in [2.24, 2.45) is 5.92 Å². The lowest BCUT2D eigenvalue weighted by atomic mass is 10.1. The first-order valence-corrected chi connectivity index (χ1v) is 14.7. The maximum Gasteiger partial charge on any atom is 0.417 e. The number of anilines is 1. The zero-order chi connectivity index (χ0) is 31.2. The smallest absolute Gasteiger partial charge is 0.354 e. The summed E-state index contributed by atoms with van der Waals surface area (Å²) in [5.74, 6) is -2.10. The molecule has 42 heavy (non-hydrogen) atoms. The minimum atomic E-state index is -4.92. The Bertz CT molecular complexity index is 1520. The van der Waals surface area contributed by atoms with Crippen molar-refractivity contribution in [3.05, 3.63) is 94.8 Å². The topological polar surface area (TPSA) is 86.8 Å². The van der Waals surface area contributed by atoms with Gasteiger partial charge in [0.25, 0.3) is 10.0 Å². The van der Waals surface area contributed by atoms with Crippen LogP contribution in [0.25, 0.3) is 0 Å². The molecule has 0 saturated heterocycles. The van der Waals surface area contributed by atoms with Crippen LogP contribution in [-0.2, 0) is 32.3 Å². The average Bonchev–Trinajstić information content (AvgIpc) is 2.93. The van der Waals surface area contributed by atoms with Crippen LogP contribution >= 0.6 is 11.6 Å². The van der Waals surface area contributed by atoms with Crippen molar-refractivity contribution < 1.29 is 35.6 Å². The van der Waals surface area contributed by atoms with E-state index in [9.17, 15) is 35.6 Å². The second kappa shape index (κ2) is 13.6. The monoisotopic (exact) mass is 627 g/mol. The number of benzene rings is 3. The quantitative estimate of drug-likeness (QED) is 0.269. The maximum absolute atomic E-state index is 14.6. The molecule has 226 valence electrons. The summed E-state index contributed by atoms with van der Waals surface area (Å²) >= 11 is 5.76. The summed E-state index contributed by atoms with van der Waals surface area (Å²) in [6.45, 7) is 4.00. The van der Waals surface area contributed by atoms with Crippen LogP contribution in [0.1, 0.15) is 31.9 Å². The number of alkyl halides is 3. The predicted octanol–water partition coefficient (Wildman–Crippen LogP) is 5.88. The van der Waals surface area contributed by atoms with Gasteiger partial charge in [-0.25, -0.2) is 12.8 Å². The fraction of sp³-hybridized carbons (Fsp3) is 0.310. The lowest BCUT2D eigenvalue weighted by molar-refractivity contribution is -0.139. The van der Waals surface area contributed by atoms with Crippen LogP contribution in [0, 0.1) is 11.7 Å². The van der Waals surface area contributed by atoms with Crippen molar-refractivity contribution >= 4 is 39.1 Å². The molecule has 0 heterocycles. The normalized spacial score (nSPS) is 12.6. The summed E-state index contributed by atoms with van der Waals surface area (Å²) in [6, 6.07) is 13.7. The first-order chi connectivity index (χ1) is 19.6. The highest BCUT2D eigenvalue weighted by Gasteiger charge is 2.37. The molecule has 0 saturated carbocycles. The Balaban J connectivity index is 2.10. The first kappa shape index (κ1) is 32.9. The third-order valence-electron chi connectivity index (χ3n) is 6.30. The summed E-state index contributed by atoms with van der Waals surface area (Å²) in [5.41, 5.74) is -1.73. The third kappa shape index (κ3) is 8.01. The summed E-state index contributed by atoms with van der Waals surface area (Å²) in [7, 11) is -4.61. The Morgan fingerprint density at radius 1 is 0.952 bits per heavy atom. The van der Waals surface area contributed by atoms with E-state index in [2.05, 4.69) is 5.32 Å². The molecular formula is C29H30ClF4N3O4S. The van der Waals surface area contributed by atoms with E-state index in [4.69, 9.17) is 11.6 Å². The lowest BCUT2D eigenvalue weighted by Gasteiger charge is -2.32. The van der Waals surface area contributed by atoms with Gasteiger partial charge in [0.1, 0.15) is 18.4 Å². The Labute approximate surface area is 247 Å². The number of nitrogens with one attached hydrogen (secondary N) is 1. The van der Waals surface area contributed by atoms with E-state index in [1.807, 2.05) is 13.8 Å². The summed E-state index contributed by atoms with van der Waals surface area (Å²) in [5, 5.41) is 2.03. The number of carbonyl (C=O) groups excluding carboxylic acids is 2. The third-order valence-corrected chi connectivity index (χ3v) is 8.42. The Morgan fingerprint density at radius 3 is 2.17 bits per heavy atom. The molecule has 0 aliphatic heterocycles. The van der Waals surface area contributed by atoms with E-state index in [0.717, 1.165) is 17.0 Å². The highest BCUT2D eigenvalue weighted by Crippen LogP contribution is 2.38. The standard InChI is InChI=1S/C29H30ClF4N3O4S/c1-19(2)16-35-28(39)20(3)36(17-21-9-7-8-12-26(21)31)27(38)18-37(42(40,41)23-10-5-4-6-11-23)22-13-14-25(30)24(15-22)29(32,33)34/h4-15,19-20H,16-18H2,1-3H3,(H,35,39)/t20-/m0/s1. The minimum absolute atomic E-state index is 0.0534. The van der Waals surface area contributed by atoms with Gasteiger partial charge < -0.3 is 10.2 Å². The van der Waals surface area contributed by atoms with E-state index < -0.39 is 69.2 Å². The van der Waals surface area contributed by atoms with E-state index >= 15 is 0 Å². The van der Waals surface area contributed by atoms with Gasteiger partial charge in [0.2, 0.25) is 11.8 Å². The number of carbonyl (C=O) groups is 2. The maximum atomic E-state index is 14.6. The molecule has 0 unspecified atom stereocenters. The molecule has 1 atom stereocenters. The Kier molecular flexibility index (Phi) is 10.6. The highest BCUT2D eigenvalue weighted by molar-refractivity contribution is 7.92. The van der Waals surface area contributed by atoms with Crippen LogP contribution in [0.5, 0.6) is 0 Å². The molecule has 0 fully saturated rings. The number of hydrogen-bond acceptors (Lipinski definition) is 4. The number of hydrogen-bond donors (Lipinski definition) is 1. The van der Waals surface area contributed by atoms with Crippen molar-refractivity contribution in [1.82, 2.24) is 10.2 Å². The van der Waals surface area contributed by atoms with Crippen molar-refractivity contribution in [1.29, 1.82) is 0 Å². The van der Waals surface area contributed by atoms with Crippen molar-refractivity contribution in [2.45, 2.75) is 44.4 Å². The number of amides is 2. The molecule has 0 aliphatic rings. The lowest BCUT2D eigenvalue weighted by Crippen LogP contribution is -2.51. The minimum Gasteiger partial charge on any atom is -0.354 e. The number of nitrogens with zero attached hydrogens (tertiary/aromatic N) is 2. The zero-order valence-electron chi connectivity index (χ0n) is 23.0. The number of sulfonamides is 1. The molecule has 0 radical (unpaired) electrons. The van der Waals surface area contributed by atoms with Gasteiger partial charge in [-0.2, -0.15) is 13.2 Å². The molecule has 0 aromatic heterocycles. The van der Waals surface area contributed by atoms with Crippen LogP contribution in [0.15, 0.2) is 77.7 Å². The summed E-state index contributed by atoms with van der Waals surface area (Å²) in [6.07, 6.45) is -4.92. The summed E-state index contributed by atoms with van der Waals surface area (Å²) in [4.78, 5) is 27.5.